The van der Waals surface area contributed by atoms with Crippen LogP contribution in [0.5, 0.6) is 0 Å². The number of nitrogens with one attached hydrogen (secondary N) is 1. The van der Waals surface area contributed by atoms with Gasteiger partial charge in [0.15, 0.2) is 5.76 Å². The molecule has 122 valence electrons. The van der Waals surface area contributed by atoms with E-state index in [2.05, 4.69) is 26.0 Å². The minimum Gasteiger partial charge on any atom is -0.465 e. The van der Waals surface area contributed by atoms with E-state index in [0.717, 1.165) is 15.4 Å². The summed E-state index contributed by atoms with van der Waals surface area (Å²) in [5.41, 5.74) is 2.41. The molecule has 1 N–H and O–H groups in total. The Labute approximate surface area is 146 Å². The van der Waals surface area contributed by atoms with Gasteiger partial charge in [0, 0.05) is 11.1 Å². The zero-order chi connectivity index (χ0) is 17.3. The maximum atomic E-state index is 12.4. The van der Waals surface area contributed by atoms with Gasteiger partial charge >= 0.3 is 5.97 Å². The molecule has 0 radical (unpaired) electrons. The van der Waals surface area contributed by atoms with Crippen LogP contribution in [-0.4, -0.2) is 19.0 Å². The number of anilines is 1. The number of methoxy groups -OCH3 is 1. The highest BCUT2D eigenvalue weighted by molar-refractivity contribution is 9.10. The number of aryl methyl sites for hydroxylation is 1. The van der Waals surface area contributed by atoms with Gasteiger partial charge in [0.2, 0.25) is 0 Å². The van der Waals surface area contributed by atoms with Crippen LogP contribution in [0, 0.1) is 6.92 Å². The lowest BCUT2D eigenvalue weighted by Crippen LogP contribution is -2.12. The summed E-state index contributed by atoms with van der Waals surface area (Å²) in [5, 5.41) is 3.63. The molecular formula is C18H14BrNO4. The number of fused-ring (bicyclic) bond motifs is 1. The predicted octanol–water partition coefficient (Wildman–Crippen LogP) is 4.54. The molecule has 0 aliphatic heterocycles. The van der Waals surface area contributed by atoms with Gasteiger partial charge in [-0.25, -0.2) is 4.79 Å². The van der Waals surface area contributed by atoms with Gasteiger partial charge in [-0.1, -0.05) is 12.1 Å². The Balaban J connectivity index is 1.86. The lowest BCUT2D eigenvalue weighted by Gasteiger charge is -2.08. The number of hydrogen-bond acceptors (Lipinski definition) is 4. The Hall–Kier alpha value is -2.60. The van der Waals surface area contributed by atoms with Crippen LogP contribution in [-0.2, 0) is 4.74 Å². The molecule has 24 heavy (non-hydrogen) atoms. The van der Waals surface area contributed by atoms with Crippen molar-refractivity contribution in [1.82, 2.24) is 0 Å². The monoisotopic (exact) mass is 387 g/mol. The second-order valence-electron chi connectivity index (χ2n) is 5.24. The molecule has 3 aromatic rings. The Morgan fingerprint density at radius 2 is 1.96 bits per heavy atom. The summed E-state index contributed by atoms with van der Waals surface area (Å²) < 4.78 is 11.1. The molecule has 0 bridgehead atoms. The van der Waals surface area contributed by atoms with Crippen LogP contribution >= 0.6 is 15.9 Å². The summed E-state index contributed by atoms with van der Waals surface area (Å²) in [5.74, 6) is -0.557. The van der Waals surface area contributed by atoms with Gasteiger partial charge in [-0.05, 0) is 58.7 Å². The molecule has 3 rings (SSSR count). The van der Waals surface area contributed by atoms with Crippen molar-refractivity contribution in [1.29, 1.82) is 0 Å². The number of furan rings is 1. The van der Waals surface area contributed by atoms with Crippen molar-refractivity contribution in [3.8, 4) is 0 Å². The number of esters is 1. The zero-order valence-electron chi connectivity index (χ0n) is 13.1. The fraction of sp³-hybridized carbons (Fsp3) is 0.111. The van der Waals surface area contributed by atoms with Gasteiger partial charge in [0.25, 0.3) is 5.91 Å². The highest BCUT2D eigenvalue weighted by atomic mass is 79.9. The third-order valence-corrected chi connectivity index (χ3v) is 4.24. The summed E-state index contributed by atoms with van der Waals surface area (Å²) in [6.07, 6.45) is 0. The molecule has 0 unspecified atom stereocenters. The summed E-state index contributed by atoms with van der Waals surface area (Å²) in [4.78, 5) is 23.9. The molecular weight excluding hydrogens is 374 g/mol. The van der Waals surface area contributed by atoms with Gasteiger partial charge in [-0.2, -0.15) is 0 Å². The van der Waals surface area contributed by atoms with Crippen LogP contribution in [0.4, 0.5) is 5.69 Å². The average Bonchev–Trinajstić information content (AvgIpc) is 3.01. The van der Waals surface area contributed by atoms with E-state index in [-0.39, 0.29) is 11.7 Å². The lowest BCUT2D eigenvalue weighted by molar-refractivity contribution is 0.0600. The maximum absolute atomic E-state index is 12.4. The van der Waals surface area contributed by atoms with E-state index in [9.17, 15) is 9.59 Å². The second kappa shape index (κ2) is 6.49. The van der Waals surface area contributed by atoms with Crippen LogP contribution in [0.3, 0.4) is 0 Å². The van der Waals surface area contributed by atoms with Crippen molar-refractivity contribution >= 4 is 44.5 Å². The van der Waals surface area contributed by atoms with Crippen LogP contribution in [0.15, 0.2) is 51.4 Å². The highest BCUT2D eigenvalue weighted by Crippen LogP contribution is 2.27. The largest absolute Gasteiger partial charge is 0.465 e. The molecule has 0 spiro atoms. The van der Waals surface area contributed by atoms with Crippen molar-refractivity contribution in [2.75, 3.05) is 12.4 Å². The number of ether oxygens (including phenoxy) is 1. The molecule has 0 saturated carbocycles. The van der Waals surface area contributed by atoms with E-state index >= 15 is 0 Å². The van der Waals surface area contributed by atoms with E-state index < -0.39 is 5.97 Å². The van der Waals surface area contributed by atoms with E-state index in [0.29, 0.717) is 16.8 Å². The predicted molar refractivity (Wildman–Crippen MR) is 94.4 cm³/mol. The van der Waals surface area contributed by atoms with Crippen LogP contribution in [0.2, 0.25) is 0 Å². The molecule has 0 fully saturated rings. The average molecular weight is 388 g/mol. The number of rotatable bonds is 3. The fourth-order valence-corrected chi connectivity index (χ4v) is 2.83. The topological polar surface area (TPSA) is 68.5 Å². The third-order valence-electron chi connectivity index (χ3n) is 3.62. The molecule has 0 saturated heterocycles. The minimum atomic E-state index is -0.418. The third kappa shape index (κ3) is 3.05. The summed E-state index contributed by atoms with van der Waals surface area (Å²) in [7, 11) is 1.33. The normalized spacial score (nSPS) is 10.6. The van der Waals surface area contributed by atoms with Gasteiger partial charge in [0.1, 0.15) is 5.58 Å². The van der Waals surface area contributed by atoms with Crippen molar-refractivity contribution in [2.24, 2.45) is 0 Å². The van der Waals surface area contributed by atoms with Crippen LogP contribution < -0.4 is 5.32 Å². The molecule has 0 aliphatic carbocycles. The Bertz CT molecular complexity index is 945. The zero-order valence-corrected chi connectivity index (χ0v) is 14.6. The Kier molecular flexibility index (Phi) is 4.40. The fourth-order valence-electron chi connectivity index (χ4n) is 2.37. The molecule has 2 aromatic carbocycles. The molecule has 1 aromatic heterocycles. The first-order valence-corrected chi connectivity index (χ1v) is 7.97. The van der Waals surface area contributed by atoms with Crippen molar-refractivity contribution in [3.05, 3.63) is 63.8 Å². The Morgan fingerprint density at radius 3 is 2.62 bits per heavy atom. The SMILES string of the molecule is COC(=O)c1ccc(NC(=O)c2cc3cccc(Br)c3o2)c(C)c1. The minimum absolute atomic E-state index is 0.216. The highest BCUT2D eigenvalue weighted by Gasteiger charge is 2.15. The smallest absolute Gasteiger partial charge is 0.337 e. The molecule has 1 heterocycles. The Morgan fingerprint density at radius 1 is 1.17 bits per heavy atom. The van der Waals surface area contributed by atoms with Gasteiger partial charge in [-0.3, -0.25) is 4.79 Å². The number of hydrogen-bond donors (Lipinski definition) is 1. The maximum Gasteiger partial charge on any atom is 0.337 e. The van der Waals surface area contributed by atoms with Crippen molar-refractivity contribution < 1.29 is 18.7 Å². The second-order valence-corrected chi connectivity index (χ2v) is 6.10. The van der Waals surface area contributed by atoms with Crippen molar-refractivity contribution in [3.63, 3.8) is 0 Å². The lowest BCUT2D eigenvalue weighted by atomic mass is 10.1. The van der Waals surface area contributed by atoms with Crippen molar-refractivity contribution in [2.45, 2.75) is 6.92 Å². The number of carbonyl (C=O) groups excluding carboxylic acids is 2. The number of amides is 1. The number of carbonyl (C=O) groups is 2. The van der Waals surface area contributed by atoms with Gasteiger partial charge < -0.3 is 14.5 Å². The number of para-hydroxylation sites is 1. The number of halogens is 1. The quantitative estimate of drug-likeness (QED) is 0.669. The first-order valence-electron chi connectivity index (χ1n) is 7.18. The summed E-state index contributed by atoms with van der Waals surface area (Å²) in [6.45, 7) is 1.80. The van der Waals surface area contributed by atoms with E-state index in [1.807, 2.05) is 18.2 Å². The van der Waals surface area contributed by atoms with Gasteiger partial charge in [0.05, 0.1) is 17.1 Å². The first kappa shape index (κ1) is 16.3. The molecule has 5 nitrogen and oxygen atoms in total. The van der Waals surface area contributed by atoms with E-state index in [1.54, 1.807) is 31.2 Å². The first-order chi connectivity index (χ1) is 11.5. The molecule has 0 atom stereocenters. The summed E-state index contributed by atoms with van der Waals surface area (Å²) in [6, 6.07) is 12.2. The molecule has 0 aliphatic rings. The van der Waals surface area contributed by atoms with E-state index in [4.69, 9.17) is 4.42 Å². The van der Waals surface area contributed by atoms with E-state index in [1.165, 1.54) is 7.11 Å². The van der Waals surface area contributed by atoms with Crippen LogP contribution in [0.25, 0.3) is 11.0 Å². The molecule has 1 amide bonds. The summed E-state index contributed by atoms with van der Waals surface area (Å²) >= 11 is 3.40. The van der Waals surface area contributed by atoms with Gasteiger partial charge in [-0.15, -0.1) is 0 Å². The van der Waals surface area contributed by atoms with Crippen LogP contribution in [0.1, 0.15) is 26.5 Å². The molecule has 6 heteroatoms. The number of benzene rings is 2. The standard InChI is InChI=1S/C18H14BrNO4/c1-10-8-12(18(22)23-2)6-7-14(10)20-17(21)15-9-11-4-3-5-13(19)16(11)24-15/h3-9H,1-2H3,(H,20,21).